The molecule has 0 aliphatic carbocycles. The molecule has 2 N–H and O–H groups in total. The Bertz CT molecular complexity index is 1040. The van der Waals surface area contributed by atoms with Gasteiger partial charge < -0.3 is 14.9 Å². The fourth-order valence-corrected chi connectivity index (χ4v) is 2.65. The molecule has 7 heteroatoms. The summed E-state index contributed by atoms with van der Waals surface area (Å²) in [4.78, 5) is 23.9. The molecule has 0 radical (unpaired) electrons. The highest BCUT2D eigenvalue weighted by Gasteiger charge is 2.13. The molecule has 0 saturated heterocycles. The van der Waals surface area contributed by atoms with Gasteiger partial charge in [0.2, 0.25) is 0 Å². The molecule has 1 aromatic heterocycles. The molecule has 0 aliphatic heterocycles. The summed E-state index contributed by atoms with van der Waals surface area (Å²) < 4.78 is 10.5. The van der Waals surface area contributed by atoms with Crippen molar-refractivity contribution in [3.8, 4) is 0 Å². The van der Waals surface area contributed by atoms with Gasteiger partial charge in [0.05, 0.1) is 16.3 Å². The summed E-state index contributed by atoms with van der Waals surface area (Å²) in [6, 6.07) is 9.09. The lowest BCUT2D eigenvalue weighted by atomic mass is 10.1. The molecule has 0 fully saturated rings. The van der Waals surface area contributed by atoms with Crippen molar-refractivity contribution in [1.82, 2.24) is 0 Å². The number of hydrogen-bond acceptors (Lipinski definition) is 5. The predicted molar refractivity (Wildman–Crippen MR) is 97.2 cm³/mol. The summed E-state index contributed by atoms with van der Waals surface area (Å²) >= 11 is 12.0. The Morgan fingerprint density at radius 1 is 1.16 bits per heavy atom. The maximum absolute atomic E-state index is 12.2. The van der Waals surface area contributed by atoms with E-state index in [2.05, 4.69) is 0 Å². The average Bonchev–Trinajstić information content (AvgIpc) is 2.56. The van der Waals surface area contributed by atoms with E-state index in [1.165, 1.54) is 24.3 Å². The fourth-order valence-electron chi connectivity index (χ4n) is 2.37. The number of aryl methyl sites for hydroxylation is 1. The number of hydrogen-bond donors (Lipinski definition) is 1. The van der Waals surface area contributed by atoms with Crippen molar-refractivity contribution in [2.24, 2.45) is 0 Å². The number of ether oxygens (including phenoxy) is 1. The van der Waals surface area contributed by atoms with E-state index in [9.17, 15) is 9.59 Å². The SMILES string of the molecule is Cc1cc2oc(=O)cc(COC(=O)c3ccc(Cl)c(N)c3)c2cc1Cl. The van der Waals surface area contributed by atoms with Crippen LogP contribution < -0.4 is 11.4 Å². The minimum Gasteiger partial charge on any atom is -0.457 e. The van der Waals surface area contributed by atoms with E-state index in [0.717, 1.165) is 5.56 Å². The summed E-state index contributed by atoms with van der Waals surface area (Å²) in [5, 5.41) is 1.49. The first-order valence-electron chi connectivity index (χ1n) is 7.30. The van der Waals surface area contributed by atoms with Crippen molar-refractivity contribution >= 4 is 45.8 Å². The van der Waals surface area contributed by atoms with Crippen LogP contribution in [0, 0.1) is 6.92 Å². The number of halogens is 2. The van der Waals surface area contributed by atoms with Gasteiger partial charge >= 0.3 is 11.6 Å². The van der Waals surface area contributed by atoms with E-state index in [0.29, 0.717) is 26.6 Å². The van der Waals surface area contributed by atoms with Crippen LogP contribution in [0.2, 0.25) is 10.0 Å². The van der Waals surface area contributed by atoms with Gasteiger partial charge in [0.25, 0.3) is 0 Å². The second-order valence-electron chi connectivity index (χ2n) is 5.50. The first-order valence-corrected chi connectivity index (χ1v) is 8.06. The van der Waals surface area contributed by atoms with Gasteiger partial charge in [-0.05, 0) is 42.8 Å². The number of esters is 1. The summed E-state index contributed by atoms with van der Waals surface area (Å²) in [7, 11) is 0. The van der Waals surface area contributed by atoms with Crippen LogP contribution in [-0.4, -0.2) is 5.97 Å². The summed E-state index contributed by atoms with van der Waals surface area (Å²) in [6.07, 6.45) is 0. The molecule has 0 spiro atoms. The largest absolute Gasteiger partial charge is 0.457 e. The lowest BCUT2D eigenvalue weighted by Crippen LogP contribution is -2.08. The van der Waals surface area contributed by atoms with Gasteiger partial charge in [-0.25, -0.2) is 9.59 Å². The van der Waals surface area contributed by atoms with Gasteiger partial charge in [-0.1, -0.05) is 23.2 Å². The molecular weight excluding hydrogens is 365 g/mol. The topological polar surface area (TPSA) is 82.5 Å². The second kappa shape index (κ2) is 6.78. The fraction of sp³-hybridized carbons (Fsp3) is 0.111. The molecule has 0 unspecified atom stereocenters. The third-order valence-corrected chi connectivity index (χ3v) is 4.45. The number of anilines is 1. The van der Waals surface area contributed by atoms with Crippen LogP contribution >= 0.6 is 23.2 Å². The quantitative estimate of drug-likeness (QED) is 0.416. The van der Waals surface area contributed by atoms with Crippen LogP contribution in [-0.2, 0) is 11.3 Å². The standard InChI is InChI=1S/C18H13Cl2NO4/c1-9-4-16-12(7-14(9)20)11(6-17(22)25-16)8-24-18(23)10-2-3-13(19)15(21)5-10/h2-7H,8,21H2,1H3. The lowest BCUT2D eigenvalue weighted by molar-refractivity contribution is 0.0474. The first-order chi connectivity index (χ1) is 11.8. The molecule has 1 heterocycles. The molecule has 25 heavy (non-hydrogen) atoms. The maximum Gasteiger partial charge on any atom is 0.338 e. The molecule has 5 nitrogen and oxygen atoms in total. The molecule has 3 rings (SSSR count). The van der Waals surface area contributed by atoms with E-state index in [4.69, 9.17) is 38.1 Å². The van der Waals surface area contributed by atoms with Crippen LogP contribution in [0.15, 0.2) is 45.6 Å². The number of benzene rings is 2. The molecule has 3 aromatic rings. The smallest absolute Gasteiger partial charge is 0.338 e. The lowest BCUT2D eigenvalue weighted by Gasteiger charge is -2.09. The molecule has 0 atom stereocenters. The Labute approximate surface area is 152 Å². The molecule has 0 aliphatic rings. The number of rotatable bonds is 3. The highest BCUT2D eigenvalue weighted by Crippen LogP contribution is 2.26. The van der Waals surface area contributed by atoms with Gasteiger partial charge in [0.15, 0.2) is 0 Å². The van der Waals surface area contributed by atoms with Crippen LogP contribution in [0.3, 0.4) is 0 Å². The van der Waals surface area contributed by atoms with Crippen LogP contribution in [0.1, 0.15) is 21.5 Å². The second-order valence-corrected chi connectivity index (χ2v) is 6.32. The molecule has 0 amide bonds. The minimum absolute atomic E-state index is 0.108. The third-order valence-electron chi connectivity index (χ3n) is 3.70. The normalized spacial score (nSPS) is 10.8. The van der Waals surface area contributed by atoms with E-state index in [1.54, 1.807) is 19.1 Å². The number of nitrogen functional groups attached to an aromatic ring is 1. The van der Waals surface area contributed by atoms with Crippen molar-refractivity contribution in [3.05, 3.63) is 73.6 Å². The Morgan fingerprint density at radius 2 is 1.92 bits per heavy atom. The summed E-state index contributed by atoms with van der Waals surface area (Å²) in [6.45, 7) is 1.70. The molecule has 2 aromatic carbocycles. The summed E-state index contributed by atoms with van der Waals surface area (Å²) in [5.41, 5.74) is 7.37. The van der Waals surface area contributed by atoms with E-state index >= 15 is 0 Å². The monoisotopic (exact) mass is 377 g/mol. The zero-order valence-corrected chi connectivity index (χ0v) is 14.6. The van der Waals surface area contributed by atoms with Crippen molar-refractivity contribution < 1.29 is 13.9 Å². The molecule has 128 valence electrons. The van der Waals surface area contributed by atoms with Crippen molar-refractivity contribution in [1.29, 1.82) is 0 Å². The van der Waals surface area contributed by atoms with Crippen molar-refractivity contribution in [3.63, 3.8) is 0 Å². The Hall–Kier alpha value is -2.50. The van der Waals surface area contributed by atoms with Gasteiger partial charge in [0, 0.05) is 22.0 Å². The van der Waals surface area contributed by atoms with Crippen LogP contribution in [0.5, 0.6) is 0 Å². The average molecular weight is 378 g/mol. The zero-order valence-electron chi connectivity index (χ0n) is 13.1. The Kier molecular flexibility index (Phi) is 4.70. The van der Waals surface area contributed by atoms with Crippen LogP contribution in [0.25, 0.3) is 11.0 Å². The zero-order chi connectivity index (χ0) is 18.1. The highest BCUT2D eigenvalue weighted by atomic mass is 35.5. The van der Waals surface area contributed by atoms with E-state index in [-0.39, 0.29) is 17.9 Å². The Balaban J connectivity index is 1.90. The number of fused-ring (bicyclic) bond motifs is 1. The van der Waals surface area contributed by atoms with E-state index in [1.807, 2.05) is 0 Å². The molecular formula is C18H13Cl2NO4. The van der Waals surface area contributed by atoms with E-state index < -0.39 is 11.6 Å². The summed E-state index contributed by atoms with van der Waals surface area (Å²) in [5.74, 6) is -0.581. The van der Waals surface area contributed by atoms with Gasteiger partial charge in [-0.3, -0.25) is 0 Å². The first kappa shape index (κ1) is 17.3. The predicted octanol–water partition coefficient (Wildman–Crippen LogP) is 4.35. The minimum atomic E-state index is -0.581. The van der Waals surface area contributed by atoms with Gasteiger partial charge in [-0.2, -0.15) is 0 Å². The van der Waals surface area contributed by atoms with Gasteiger partial charge in [0.1, 0.15) is 12.2 Å². The molecule has 0 bridgehead atoms. The third kappa shape index (κ3) is 3.62. The number of carbonyl (C=O) groups excluding carboxylic acids is 1. The van der Waals surface area contributed by atoms with Crippen molar-refractivity contribution in [2.75, 3.05) is 5.73 Å². The highest BCUT2D eigenvalue weighted by molar-refractivity contribution is 6.33. The van der Waals surface area contributed by atoms with Gasteiger partial charge in [-0.15, -0.1) is 0 Å². The van der Waals surface area contributed by atoms with Crippen LogP contribution in [0.4, 0.5) is 5.69 Å². The molecule has 0 saturated carbocycles. The number of carbonyl (C=O) groups is 1. The number of nitrogens with two attached hydrogens (primary N) is 1. The maximum atomic E-state index is 12.2. The Morgan fingerprint density at radius 3 is 2.64 bits per heavy atom. The van der Waals surface area contributed by atoms with Crippen molar-refractivity contribution in [2.45, 2.75) is 13.5 Å².